The first kappa shape index (κ1) is 35.3. The number of hydrogen-bond donors (Lipinski definition) is 1. The molecule has 4 aromatic rings. The van der Waals surface area contributed by atoms with Gasteiger partial charge in [0.15, 0.2) is 0 Å². The van der Waals surface area contributed by atoms with Crippen LogP contribution >= 0.6 is 23.2 Å². The minimum Gasteiger partial charge on any atom is -0.457 e. The third-order valence-corrected chi connectivity index (χ3v) is 10.2. The van der Waals surface area contributed by atoms with Crippen LogP contribution in [0.15, 0.2) is 103 Å². The molecule has 48 heavy (non-hydrogen) atoms. The Balaban J connectivity index is 1.47. The van der Waals surface area contributed by atoms with Crippen molar-refractivity contribution in [2.45, 2.75) is 57.2 Å². The number of carbonyl (C=O) groups excluding carboxylic acids is 2. The highest BCUT2D eigenvalue weighted by atomic mass is 35.5. The zero-order valence-electron chi connectivity index (χ0n) is 26.7. The molecule has 1 fully saturated rings. The van der Waals surface area contributed by atoms with E-state index in [1.807, 2.05) is 60.7 Å². The van der Waals surface area contributed by atoms with Gasteiger partial charge in [0.25, 0.3) is 0 Å². The number of anilines is 1. The predicted octanol–water partition coefficient (Wildman–Crippen LogP) is 7.64. The van der Waals surface area contributed by atoms with E-state index in [9.17, 15) is 18.0 Å². The Kier molecular flexibility index (Phi) is 12.0. The fraction of sp³-hybridized carbons (Fsp3) is 0.297. The number of nitrogens with zero attached hydrogens (tertiary/aromatic N) is 2. The highest BCUT2D eigenvalue weighted by Crippen LogP contribution is 2.28. The number of nitrogens with one attached hydrogen (secondary N) is 1. The van der Waals surface area contributed by atoms with Gasteiger partial charge < -0.3 is 15.0 Å². The molecule has 4 aromatic carbocycles. The fourth-order valence-corrected chi connectivity index (χ4v) is 7.02. The standard InChI is InChI=1S/C37H39Cl2N3O5S/c1-48(45,46)42(30-18-20-32(21-19-30)47-31-15-9-4-10-16-31)26-36(43)41(25-28-17-22-33(38)34(39)23-28)35(24-27-11-5-2-6-12-27)37(44)40-29-13-7-3-8-14-29/h2,4-6,9-12,15-23,29,35H,3,7-8,13-14,24-26H2,1H3,(H,40,44). The monoisotopic (exact) mass is 707 g/mol. The van der Waals surface area contributed by atoms with Gasteiger partial charge >= 0.3 is 0 Å². The second kappa shape index (κ2) is 16.4. The van der Waals surface area contributed by atoms with Crippen LogP contribution in [0.5, 0.6) is 11.5 Å². The van der Waals surface area contributed by atoms with E-state index in [2.05, 4.69) is 5.32 Å². The van der Waals surface area contributed by atoms with Crippen LogP contribution in [-0.2, 0) is 32.6 Å². The highest BCUT2D eigenvalue weighted by molar-refractivity contribution is 7.92. The number of carbonyl (C=O) groups is 2. The molecule has 1 N–H and O–H groups in total. The molecule has 1 aliphatic carbocycles. The van der Waals surface area contributed by atoms with Gasteiger partial charge in [-0.05, 0) is 72.5 Å². The van der Waals surface area contributed by atoms with Gasteiger partial charge in [-0.1, -0.05) is 97.1 Å². The summed E-state index contributed by atoms with van der Waals surface area (Å²) in [6.45, 7) is -0.520. The largest absolute Gasteiger partial charge is 0.457 e. The maximum atomic E-state index is 14.4. The maximum Gasteiger partial charge on any atom is 0.244 e. The van der Waals surface area contributed by atoms with Crippen LogP contribution in [0.2, 0.25) is 10.0 Å². The molecule has 0 spiro atoms. The SMILES string of the molecule is CS(=O)(=O)N(CC(=O)N(Cc1ccc(Cl)c(Cl)c1)C(Cc1ccccc1)C(=O)NC1CCCCC1)c1ccc(Oc2ccccc2)cc1. The van der Waals surface area contributed by atoms with Gasteiger partial charge in [0.1, 0.15) is 24.1 Å². The van der Waals surface area contributed by atoms with Gasteiger partial charge in [-0.2, -0.15) is 0 Å². The van der Waals surface area contributed by atoms with Crippen LogP contribution in [0.1, 0.15) is 43.2 Å². The molecular weight excluding hydrogens is 669 g/mol. The molecule has 1 aliphatic rings. The third-order valence-electron chi connectivity index (χ3n) is 8.34. The minimum absolute atomic E-state index is 0.00671. The van der Waals surface area contributed by atoms with Gasteiger partial charge in [0.05, 0.1) is 22.0 Å². The Bertz CT molecular complexity index is 1790. The molecule has 1 atom stereocenters. The van der Waals surface area contributed by atoms with E-state index in [4.69, 9.17) is 27.9 Å². The van der Waals surface area contributed by atoms with Crippen molar-refractivity contribution in [3.05, 3.63) is 124 Å². The van der Waals surface area contributed by atoms with Crippen molar-refractivity contribution < 1.29 is 22.7 Å². The maximum absolute atomic E-state index is 14.4. The molecule has 5 rings (SSSR count). The minimum atomic E-state index is -3.93. The first-order valence-corrected chi connectivity index (χ1v) is 18.6. The van der Waals surface area contributed by atoms with E-state index >= 15 is 0 Å². The molecule has 0 heterocycles. The quantitative estimate of drug-likeness (QED) is 0.154. The Morgan fingerprint density at radius 1 is 0.812 bits per heavy atom. The second-order valence-electron chi connectivity index (χ2n) is 12.0. The molecule has 0 saturated heterocycles. The van der Waals surface area contributed by atoms with E-state index in [1.165, 1.54) is 4.90 Å². The summed E-state index contributed by atoms with van der Waals surface area (Å²) in [6, 6.07) is 29.3. The molecule has 0 bridgehead atoms. The van der Waals surface area contributed by atoms with Gasteiger partial charge in [-0.3, -0.25) is 13.9 Å². The molecule has 8 nitrogen and oxygen atoms in total. The summed E-state index contributed by atoms with van der Waals surface area (Å²) >= 11 is 12.5. The average Bonchev–Trinajstić information content (AvgIpc) is 3.08. The van der Waals surface area contributed by atoms with Crippen molar-refractivity contribution in [3.63, 3.8) is 0 Å². The van der Waals surface area contributed by atoms with Gasteiger partial charge in [-0.15, -0.1) is 0 Å². The first-order valence-electron chi connectivity index (χ1n) is 16.0. The van der Waals surface area contributed by atoms with E-state index in [0.717, 1.165) is 48.2 Å². The number of benzene rings is 4. The summed E-state index contributed by atoms with van der Waals surface area (Å²) in [5.41, 5.74) is 1.80. The second-order valence-corrected chi connectivity index (χ2v) is 14.7. The summed E-state index contributed by atoms with van der Waals surface area (Å²) < 4.78 is 33.3. The van der Waals surface area contributed by atoms with Crippen LogP contribution in [0.25, 0.3) is 0 Å². The lowest BCUT2D eigenvalue weighted by Crippen LogP contribution is -2.55. The predicted molar refractivity (Wildman–Crippen MR) is 191 cm³/mol. The molecule has 1 saturated carbocycles. The highest BCUT2D eigenvalue weighted by Gasteiger charge is 2.34. The molecule has 0 aromatic heterocycles. The lowest BCUT2D eigenvalue weighted by Gasteiger charge is -2.35. The third kappa shape index (κ3) is 9.75. The smallest absolute Gasteiger partial charge is 0.244 e. The number of amides is 2. The van der Waals surface area contributed by atoms with Crippen LogP contribution in [0.3, 0.4) is 0 Å². The van der Waals surface area contributed by atoms with Crippen LogP contribution in [0.4, 0.5) is 5.69 Å². The summed E-state index contributed by atoms with van der Waals surface area (Å²) in [5, 5.41) is 3.86. The number of hydrogen-bond acceptors (Lipinski definition) is 5. The average molecular weight is 709 g/mol. The summed E-state index contributed by atoms with van der Waals surface area (Å²) in [4.78, 5) is 30.0. The Hall–Kier alpha value is -4.05. The molecule has 11 heteroatoms. The topological polar surface area (TPSA) is 96.0 Å². The molecular formula is C37H39Cl2N3O5S. The van der Waals surface area contributed by atoms with Gasteiger partial charge in [0, 0.05) is 19.0 Å². The number of para-hydroxylation sites is 1. The lowest BCUT2D eigenvalue weighted by atomic mass is 9.94. The zero-order valence-corrected chi connectivity index (χ0v) is 29.1. The summed E-state index contributed by atoms with van der Waals surface area (Å²) in [6.07, 6.45) is 6.21. The molecule has 252 valence electrons. The van der Waals surface area contributed by atoms with Crippen molar-refractivity contribution >= 4 is 50.7 Å². The number of rotatable bonds is 13. The van der Waals surface area contributed by atoms with Crippen LogP contribution < -0.4 is 14.4 Å². The van der Waals surface area contributed by atoms with Crippen molar-refractivity contribution in [1.29, 1.82) is 0 Å². The van der Waals surface area contributed by atoms with E-state index in [-0.39, 0.29) is 30.6 Å². The Labute approximate surface area is 292 Å². The summed E-state index contributed by atoms with van der Waals surface area (Å²) in [5.74, 6) is 0.311. The van der Waals surface area contributed by atoms with E-state index < -0.39 is 28.5 Å². The number of ether oxygens (including phenoxy) is 1. The molecule has 0 aliphatic heterocycles. The molecule has 2 amide bonds. The molecule has 1 unspecified atom stereocenters. The van der Waals surface area contributed by atoms with Crippen LogP contribution in [-0.4, -0.2) is 50.0 Å². The number of halogens is 2. The Morgan fingerprint density at radius 2 is 1.44 bits per heavy atom. The number of sulfonamides is 1. The van der Waals surface area contributed by atoms with Crippen LogP contribution in [0, 0.1) is 0 Å². The Morgan fingerprint density at radius 3 is 2.06 bits per heavy atom. The van der Waals surface area contributed by atoms with Gasteiger partial charge in [-0.25, -0.2) is 8.42 Å². The van der Waals surface area contributed by atoms with Crippen molar-refractivity contribution in [3.8, 4) is 11.5 Å². The van der Waals surface area contributed by atoms with Crippen molar-refractivity contribution in [2.75, 3.05) is 17.1 Å². The molecule has 0 radical (unpaired) electrons. The zero-order chi connectivity index (χ0) is 34.1. The first-order chi connectivity index (χ1) is 23.1. The summed E-state index contributed by atoms with van der Waals surface area (Å²) in [7, 11) is -3.93. The van der Waals surface area contributed by atoms with E-state index in [1.54, 1.807) is 42.5 Å². The normalized spacial score (nSPS) is 14.1. The van der Waals surface area contributed by atoms with Gasteiger partial charge in [0.2, 0.25) is 21.8 Å². The van der Waals surface area contributed by atoms with E-state index in [0.29, 0.717) is 27.1 Å². The van der Waals surface area contributed by atoms with Crippen molar-refractivity contribution in [1.82, 2.24) is 10.2 Å². The van der Waals surface area contributed by atoms with Crippen molar-refractivity contribution in [2.24, 2.45) is 0 Å². The lowest BCUT2D eigenvalue weighted by molar-refractivity contribution is -0.140. The fourth-order valence-electron chi connectivity index (χ4n) is 5.85.